The minimum absolute atomic E-state index is 0.103. The van der Waals surface area contributed by atoms with Crippen molar-refractivity contribution < 1.29 is 38.1 Å². The SMILES string of the molecule is C=CC(=O)Oc1ccc(-c2ccc(-c3ccc(OC)cc3OC)c(OC(=O)/C(C)=C\C)c2)c(OC(=O)C=C)c1. The highest BCUT2D eigenvalue weighted by molar-refractivity contribution is 5.92. The van der Waals surface area contributed by atoms with Gasteiger partial charge in [-0.25, -0.2) is 14.4 Å². The van der Waals surface area contributed by atoms with Crippen LogP contribution < -0.4 is 23.7 Å². The summed E-state index contributed by atoms with van der Waals surface area (Å²) in [5.41, 5.74) is 2.69. The van der Waals surface area contributed by atoms with Crippen LogP contribution in [0.3, 0.4) is 0 Å². The lowest BCUT2D eigenvalue weighted by Gasteiger charge is -2.17. The number of benzene rings is 3. The number of hydrogen-bond acceptors (Lipinski definition) is 8. The third-order valence-electron chi connectivity index (χ3n) is 5.66. The Morgan fingerprint density at radius 3 is 1.87 bits per heavy atom. The van der Waals surface area contributed by atoms with Crippen molar-refractivity contribution in [3.63, 3.8) is 0 Å². The van der Waals surface area contributed by atoms with E-state index in [1.54, 1.807) is 69.5 Å². The van der Waals surface area contributed by atoms with Crippen molar-refractivity contribution in [2.75, 3.05) is 14.2 Å². The highest BCUT2D eigenvalue weighted by Crippen LogP contribution is 2.42. The Hall–Kier alpha value is -5.11. The quantitative estimate of drug-likeness (QED) is 0.177. The van der Waals surface area contributed by atoms with Crippen molar-refractivity contribution in [1.29, 1.82) is 0 Å². The summed E-state index contributed by atoms with van der Waals surface area (Å²) in [6.07, 6.45) is 3.68. The fourth-order valence-electron chi connectivity index (χ4n) is 3.51. The summed E-state index contributed by atoms with van der Waals surface area (Å²) in [4.78, 5) is 36.5. The van der Waals surface area contributed by atoms with Crippen LogP contribution >= 0.6 is 0 Å². The molecule has 0 amide bonds. The van der Waals surface area contributed by atoms with Crippen LogP contribution in [0.2, 0.25) is 0 Å². The Morgan fingerprint density at radius 2 is 1.23 bits per heavy atom. The zero-order chi connectivity index (χ0) is 28.5. The van der Waals surface area contributed by atoms with E-state index >= 15 is 0 Å². The van der Waals surface area contributed by atoms with Crippen molar-refractivity contribution in [2.45, 2.75) is 13.8 Å². The maximum Gasteiger partial charge on any atom is 0.338 e. The van der Waals surface area contributed by atoms with E-state index in [9.17, 15) is 14.4 Å². The molecule has 0 fully saturated rings. The van der Waals surface area contributed by atoms with E-state index in [2.05, 4.69) is 13.2 Å². The fraction of sp³-hybridized carbons (Fsp3) is 0.129. The number of carbonyl (C=O) groups is 3. The maximum absolute atomic E-state index is 12.8. The van der Waals surface area contributed by atoms with E-state index in [-0.39, 0.29) is 17.2 Å². The molecule has 0 radical (unpaired) electrons. The maximum atomic E-state index is 12.8. The van der Waals surface area contributed by atoms with E-state index in [0.29, 0.717) is 39.3 Å². The monoisotopic (exact) mass is 528 g/mol. The predicted molar refractivity (Wildman–Crippen MR) is 147 cm³/mol. The van der Waals surface area contributed by atoms with Gasteiger partial charge in [0, 0.05) is 46.5 Å². The summed E-state index contributed by atoms with van der Waals surface area (Å²) in [5, 5.41) is 0. The molecule has 0 unspecified atom stereocenters. The molecule has 200 valence electrons. The number of esters is 3. The Kier molecular flexibility index (Phi) is 9.43. The molecule has 0 aliphatic carbocycles. The number of carbonyl (C=O) groups excluding carboxylic acids is 3. The topological polar surface area (TPSA) is 97.4 Å². The van der Waals surface area contributed by atoms with Crippen LogP contribution in [0.15, 0.2) is 91.6 Å². The molecule has 0 N–H and O–H groups in total. The second-order valence-corrected chi connectivity index (χ2v) is 8.05. The van der Waals surface area contributed by atoms with Gasteiger partial charge in [0.25, 0.3) is 0 Å². The minimum Gasteiger partial charge on any atom is -0.497 e. The van der Waals surface area contributed by atoms with E-state index < -0.39 is 17.9 Å². The molecule has 0 spiro atoms. The Bertz CT molecular complexity index is 1470. The van der Waals surface area contributed by atoms with Gasteiger partial charge in [0.15, 0.2) is 0 Å². The molecule has 0 aliphatic heterocycles. The van der Waals surface area contributed by atoms with Gasteiger partial charge < -0.3 is 23.7 Å². The first kappa shape index (κ1) is 28.5. The van der Waals surface area contributed by atoms with Crippen LogP contribution in [0.5, 0.6) is 28.7 Å². The van der Waals surface area contributed by atoms with Gasteiger partial charge in [0.05, 0.1) is 14.2 Å². The first-order valence-corrected chi connectivity index (χ1v) is 11.8. The lowest BCUT2D eigenvalue weighted by molar-refractivity contribution is -0.130. The molecule has 0 saturated heterocycles. The average Bonchev–Trinajstić information content (AvgIpc) is 2.96. The van der Waals surface area contributed by atoms with Gasteiger partial charge in [0.2, 0.25) is 0 Å². The molecule has 3 aromatic rings. The van der Waals surface area contributed by atoms with Crippen LogP contribution in [0.1, 0.15) is 13.8 Å². The Morgan fingerprint density at radius 1 is 0.667 bits per heavy atom. The van der Waals surface area contributed by atoms with Gasteiger partial charge in [-0.3, -0.25) is 0 Å². The number of hydrogen-bond donors (Lipinski definition) is 0. The molecule has 0 bridgehead atoms. The zero-order valence-corrected chi connectivity index (χ0v) is 22.1. The van der Waals surface area contributed by atoms with Crippen LogP contribution in [0.25, 0.3) is 22.3 Å². The van der Waals surface area contributed by atoms with Gasteiger partial charge in [-0.05, 0) is 55.8 Å². The smallest absolute Gasteiger partial charge is 0.338 e. The zero-order valence-electron chi connectivity index (χ0n) is 22.1. The lowest BCUT2D eigenvalue weighted by atomic mass is 9.97. The van der Waals surface area contributed by atoms with Crippen LogP contribution in [-0.4, -0.2) is 32.1 Å². The van der Waals surface area contributed by atoms with Crippen molar-refractivity contribution >= 4 is 17.9 Å². The van der Waals surface area contributed by atoms with Gasteiger partial charge >= 0.3 is 17.9 Å². The van der Waals surface area contributed by atoms with Crippen molar-refractivity contribution in [3.05, 3.63) is 91.6 Å². The Balaban J connectivity index is 2.21. The molecule has 0 aliphatic rings. The summed E-state index contributed by atoms with van der Waals surface area (Å²) < 4.78 is 27.3. The summed E-state index contributed by atoms with van der Waals surface area (Å²) in [6, 6.07) is 15.0. The van der Waals surface area contributed by atoms with Crippen molar-refractivity contribution in [1.82, 2.24) is 0 Å². The molecular formula is C31H28O8. The normalized spacial score (nSPS) is 10.7. The largest absolute Gasteiger partial charge is 0.497 e. The molecule has 3 aromatic carbocycles. The third kappa shape index (κ3) is 6.81. The van der Waals surface area contributed by atoms with Crippen molar-refractivity contribution in [2.24, 2.45) is 0 Å². The van der Waals surface area contributed by atoms with Crippen LogP contribution in [0.4, 0.5) is 0 Å². The number of allylic oxidation sites excluding steroid dienone is 1. The van der Waals surface area contributed by atoms with E-state index in [0.717, 1.165) is 12.2 Å². The standard InChI is InChI=1S/C31H28O8/c1-7-19(4)31(34)39-27-16-20(10-13-25(27)24-15-11-21(35-5)17-26(24)36-6)23-14-12-22(37-29(32)8-2)18-28(23)38-30(33)9-3/h7-18H,2-3H2,1,4-6H3/b19-7-. The molecule has 0 aromatic heterocycles. The molecule has 39 heavy (non-hydrogen) atoms. The average molecular weight is 529 g/mol. The van der Waals surface area contributed by atoms with E-state index in [4.69, 9.17) is 23.7 Å². The Labute approximate surface area is 226 Å². The first-order valence-electron chi connectivity index (χ1n) is 11.8. The van der Waals surface area contributed by atoms with Gasteiger partial charge in [-0.2, -0.15) is 0 Å². The molecule has 8 heteroatoms. The van der Waals surface area contributed by atoms with Gasteiger partial charge in [-0.15, -0.1) is 0 Å². The number of ether oxygens (including phenoxy) is 5. The van der Waals surface area contributed by atoms with Gasteiger partial charge in [0.1, 0.15) is 28.7 Å². The summed E-state index contributed by atoms with van der Waals surface area (Å²) >= 11 is 0. The highest BCUT2D eigenvalue weighted by atomic mass is 16.5. The number of methoxy groups -OCH3 is 2. The van der Waals surface area contributed by atoms with Gasteiger partial charge in [-0.1, -0.05) is 25.3 Å². The second-order valence-electron chi connectivity index (χ2n) is 8.05. The summed E-state index contributed by atoms with van der Waals surface area (Å²) in [7, 11) is 3.08. The molecular weight excluding hydrogens is 500 g/mol. The molecule has 3 rings (SSSR count). The van der Waals surface area contributed by atoms with E-state index in [1.807, 2.05) is 0 Å². The summed E-state index contributed by atoms with van der Waals surface area (Å²) in [6.45, 7) is 10.2. The lowest BCUT2D eigenvalue weighted by Crippen LogP contribution is -2.10. The third-order valence-corrected chi connectivity index (χ3v) is 5.66. The summed E-state index contributed by atoms with van der Waals surface area (Å²) in [5.74, 6) is -0.318. The molecule has 0 heterocycles. The van der Waals surface area contributed by atoms with Crippen LogP contribution in [0, 0.1) is 0 Å². The van der Waals surface area contributed by atoms with Crippen molar-refractivity contribution in [3.8, 4) is 51.0 Å². The predicted octanol–water partition coefficient (Wildman–Crippen LogP) is 6.09. The number of rotatable bonds is 10. The fourth-order valence-corrected chi connectivity index (χ4v) is 3.51. The van der Waals surface area contributed by atoms with Crippen LogP contribution in [-0.2, 0) is 14.4 Å². The molecule has 8 nitrogen and oxygen atoms in total. The molecule has 0 atom stereocenters. The highest BCUT2D eigenvalue weighted by Gasteiger charge is 2.19. The second kappa shape index (κ2) is 12.9. The first-order chi connectivity index (χ1) is 18.7. The molecule has 0 saturated carbocycles. The minimum atomic E-state index is -0.710. The van der Waals surface area contributed by atoms with E-state index in [1.165, 1.54) is 19.2 Å².